The number of aliphatic carboxylic acids is 1. The Morgan fingerprint density at radius 1 is 1.38 bits per heavy atom. The van der Waals surface area contributed by atoms with E-state index in [1.807, 2.05) is 11.8 Å². The number of nitrogens with zero attached hydrogens (tertiary/aromatic N) is 1. The summed E-state index contributed by atoms with van der Waals surface area (Å²) in [5.41, 5.74) is 0.150. The first-order chi connectivity index (χ1) is 9.84. The summed E-state index contributed by atoms with van der Waals surface area (Å²) in [7, 11) is -2.07. The highest BCUT2D eigenvalue weighted by atomic mass is 32.2. The lowest BCUT2D eigenvalue weighted by molar-refractivity contribution is -0.147. The van der Waals surface area contributed by atoms with Crippen molar-refractivity contribution in [3.63, 3.8) is 0 Å². The van der Waals surface area contributed by atoms with Crippen LogP contribution in [0.1, 0.15) is 19.8 Å². The van der Waals surface area contributed by atoms with E-state index in [9.17, 15) is 18.3 Å². The molecule has 0 bridgehead atoms. The predicted molar refractivity (Wildman–Crippen MR) is 79.9 cm³/mol. The molecule has 1 atom stereocenters. The van der Waals surface area contributed by atoms with Crippen molar-refractivity contribution >= 4 is 21.7 Å². The third kappa shape index (κ3) is 2.89. The molecule has 2 N–H and O–H groups in total. The molecule has 7 heteroatoms. The van der Waals surface area contributed by atoms with Gasteiger partial charge in [-0.05, 0) is 44.2 Å². The molecule has 0 spiro atoms. The van der Waals surface area contributed by atoms with Gasteiger partial charge in [0.2, 0.25) is 10.0 Å². The molecule has 1 aliphatic heterocycles. The van der Waals surface area contributed by atoms with Gasteiger partial charge in [-0.25, -0.2) is 13.1 Å². The molecule has 21 heavy (non-hydrogen) atoms. The second kappa shape index (κ2) is 5.65. The van der Waals surface area contributed by atoms with Crippen molar-refractivity contribution < 1.29 is 18.3 Å². The minimum atomic E-state index is -3.44. The zero-order valence-corrected chi connectivity index (χ0v) is 13.0. The van der Waals surface area contributed by atoms with Crippen molar-refractivity contribution in [3.8, 4) is 0 Å². The van der Waals surface area contributed by atoms with Crippen molar-refractivity contribution in [3.05, 3.63) is 24.3 Å². The lowest BCUT2D eigenvalue weighted by atomic mass is 9.84. The van der Waals surface area contributed by atoms with Gasteiger partial charge in [-0.1, -0.05) is 6.92 Å². The molecule has 1 saturated heterocycles. The third-order valence-corrected chi connectivity index (χ3v) is 5.70. The van der Waals surface area contributed by atoms with Gasteiger partial charge in [0.05, 0.1) is 10.3 Å². The summed E-state index contributed by atoms with van der Waals surface area (Å²) in [6.45, 7) is 3.01. The fourth-order valence-electron chi connectivity index (χ4n) is 2.66. The molecule has 1 aromatic rings. The smallest absolute Gasteiger partial charge is 0.311 e. The maximum absolute atomic E-state index is 11.7. The Balaban J connectivity index is 2.20. The van der Waals surface area contributed by atoms with Crippen LogP contribution in [0, 0.1) is 5.41 Å². The highest BCUT2D eigenvalue weighted by molar-refractivity contribution is 7.89. The van der Waals surface area contributed by atoms with Crippen LogP contribution in [0.2, 0.25) is 0 Å². The maximum Gasteiger partial charge on any atom is 0.311 e. The Morgan fingerprint density at radius 3 is 2.43 bits per heavy atom. The molecule has 0 radical (unpaired) electrons. The molecule has 2 rings (SSSR count). The molecule has 0 saturated carbocycles. The number of hydrogen-bond donors (Lipinski definition) is 2. The summed E-state index contributed by atoms with van der Waals surface area (Å²) >= 11 is 0. The van der Waals surface area contributed by atoms with Crippen molar-refractivity contribution in [1.82, 2.24) is 4.72 Å². The average Bonchev–Trinajstić information content (AvgIpc) is 2.93. The van der Waals surface area contributed by atoms with E-state index >= 15 is 0 Å². The van der Waals surface area contributed by atoms with Crippen LogP contribution in [0.25, 0.3) is 0 Å². The van der Waals surface area contributed by atoms with Crippen LogP contribution >= 0.6 is 0 Å². The first kappa shape index (κ1) is 15.8. The van der Waals surface area contributed by atoms with Crippen LogP contribution in [0.5, 0.6) is 0 Å². The summed E-state index contributed by atoms with van der Waals surface area (Å²) in [4.78, 5) is 13.6. The predicted octanol–water partition coefficient (Wildman–Crippen LogP) is 1.29. The molecule has 1 aromatic carbocycles. The monoisotopic (exact) mass is 312 g/mol. The number of carboxylic acids is 1. The zero-order valence-electron chi connectivity index (χ0n) is 12.2. The summed E-state index contributed by atoms with van der Waals surface area (Å²) in [6.07, 6.45) is 1.19. The Hall–Kier alpha value is -1.60. The topological polar surface area (TPSA) is 86.7 Å². The van der Waals surface area contributed by atoms with Gasteiger partial charge >= 0.3 is 5.97 Å². The van der Waals surface area contributed by atoms with E-state index in [0.717, 1.165) is 5.69 Å². The molecule has 0 amide bonds. The van der Waals surface area contributed by atoms with Gasteiger partial charge in [-0.3, -0.25) is 4.79 Å². The largest absolute Gasteiger partial charge is 0.481 e. The van der Waals surface area contributed by atoms with Gasteiger partial charge < -0.3 is 10.0 Å². The maximum atomic E-state index is 11.7. The number of nitrogens with one attached hydrogen (secondary N) is 1. The lowest BCUT2D eigenvalue weighted by Gasteiger charge is -2.24. The van der Waals surface area contributed by atoms with Gasteiger partial charge in [0.1, 0.15) is 0 Å². The van der Waals surface area contributed by atoms with Crippen molar-refractivity contribution in [2.24, 2.45) is 5.41 Å². The molecule has 1 fully saturated rings. The molecule has 0 aliphatic carbocycles. The zero-order chi connectivity index (χ0) is 15.7. The van der Waals surface area contributed by atoms with E-state index in [1.165, 1.54) is 19.2 Å². The lowest BCUT2D eigenvalue weighted by Crippen LogP contribution is -2.34. The number of benzene rings is 1. The van der Waals surface area contributed by atoms with Crippen LogP contribution in [-0.4, -0.2) is 39.6 Å². The van der Waals surface area contributed by atoms with E-state index in [0.29, 0.717) is 25.9 Å². The van der Waals surface area contributed by atoms with Crippen molar-refractivity contribution in [2.75, 3.05) is 25.0 Å². The third-order valence-electron chi connectivity index (χ3n) is 4.27. The summed E-state index contributed by atoms with van der Waals surface area (Å²) < 4.78 is 25.6. The minimum absolute atomic E-state index is 0.202. The second-order valence-corrected chi connectivity index (χ2v) is 7.20. The molecular weight excluding hydrogens is 292 g/mol. The molecular formula is C14H20N2O4S. The van der Waals surface area contributed by atoms with Crippen LogP contribution in [0.15, 0.2) is 29.2 Å². The number of anilines is 1. The Bertz CT molecular complexity index is 627. The number of rotatable bonds is 5. The van der Waals surface area contributed by atoms with Gasteiger partial charge in [-0.15, -0.1) is 0 Å². The van der Waals surface area contributed by atoms with Crippen LogP contribution in [-0.2, 0) is 14.8 Å². The van der Waals surface area contributed by atoms with E-state index in [2.05, 4.69) is 4.72 Å². The highest BCUT2D eigenvalue weighted by Gasteiger charge is 2.43. The Kier molecular flexibility index (Phi) is 4.25. The minimum Gasteiger partial charge on any atom is -0.481 e. The fraction of sp³-hybridized carbons (Fsp3) is 0.500. The SMILES string of the molecule is CCC1(C(=O)O)CCN(c2ccc(S(=O)(=O)NC)cc2)C1. The Morgan fingerprint density at radius 2 is 2.00 bits per heavy atom. The second-order valence-electron chi connectivity index (χ2n) is 5.31. The van der Waals surface area contributed by atoms with Gasteiger partial charge in [0, 0.05) is 18.8 Å². The van der Waals surface area contributed by atoms with E-state index in [1.54, 1.807) is 12.1 Å². The molecule has 1 heterocycles. The first-order valence-corrected chi connectivity index (χ1v) is 8.35. The van der Waals surface area contributed by atoms with Gasteiger partial charge in [-0.2, -0.15) is 0 Å². The summed E-state index contributed by atoms with van der Waals surface area (Å²) in [5.74, 6) is -0.762. The van der Waals surface area contributed by atoms with E-state index < -0.39 is 21.4 Å². The van der Waals surface area contributed by atoms with Crippen LogP contribution in [0.4, 0.5) is 5.69 Å². The normalized spacial score (nSPS) is 22.5. The summed E-state index contributed by atoms with van der Waals surface area (Å²) in [5, 5.41) is 9.40. The van der Waals surface area contributed by atoms with Crippen LogP contribution in [0.3, 0.4) is 0 Å². The standard InChI is InChI=1S/C14H20N2O4S/c1-3-14(13(17)18)8-9-16(10-14)11-4-6-12(7-5-11)21(19,20)15-2/h4-7,15H,3,8-10H2,1-2H3,(H,17,18). The van der Waals surface area contributed by atoms with Crippen molar-refractivity contribution in [1.29, 1.82) is 0 Å². The van der Waals surface area contributed by atoms with Gasteiger partial charge in [0.25, 0.3) is 0 Å². The van der Waals surface area contributed by atoms with Crippen molar-refractivity contribution in [2.45, 2.75) is 24.7 Å². The first-order valence-electron chi connectivity index (χ1n) is 6.86. The number of carboxylic acid groups (broad SMARTS) is 1. The van der Waals surface area contributed by atoms with E-state index in [4.69, 9.17) is 0 Å². The fourth-order valence-corrected chi connectivity index (χ4v) is 3.39. The molecule has 1 unspecified atom stereocenters. The highest BCUT2D eigenvalue weighted by Crippen LogP contribution is 2.36. The average molecular weight is 312 g/mol. The van der Waals surface area contributed by atoms with Gasteiger partial charge in [0.15, 0.2) is 0 Å². The molecule has 1 aliphatic rings. The number of sulfonamides is 1. The van der Waals surface area contributed by atoms with E-state index in [-0.39, 0.29) is 4.90 Å². The number of carbonyl (C=O) groups is 1. The Labute approximate surface area is 124 Å². The number of hydrogen-bond acceptors (Lipinski definition) is 4. The quantitative estimate of drug-likeness (QED) is 0.855. The molecule has 0 aromatic heterocycles. The van der Waals surface area contributed by atoms with Crippen LogP contribution < -0.4 is 9.62 Å². The molecule has 6 nitrogen and oxygen atoms in total. The summed E-state index contributed by atoms with van der Waals surface area (Å²) in [6, 6.07) is 6.51. The molecule has 116 valence electrons.